The Bertz CT molecular complexity index is 803. The van der Waals surface area contributed by atoms with Crippen molar-refractivity contribution in [2.24, 2.45) is 11.8 Å². The Morgan fingerprint density at radius 3 is 2.78 bits per heavy atom. The molecule has 0 amide bonds. The monoisotopic (exact) mass is 325 g/mol. The molecule has 0 aromatic carbocycles. The van der Waals surface area contributed by atoms with Crippen molar-refractivity contribution in [1.29, 1.82) is 0 Å². The fraction of sp³-hybridized carbons (Fsp3) is 0.471. The quantitative estimate of drug-likeness (QED) is 0.768. The first-order chi connectivity index (χ1) is 11.4. The highest BCUT2D eigenvalue weighted by atomic mass is 32.1. The van der Waals surface area contributed by atoms with E-state index in [1.54, 1.807) is 12.7 Å². The van der Waals surface area contributed by atoms with Crippen molar-refractivity contribution < 1.29 is 0 Å². The normalized spacial score (nSPS) is 29.9. The van der Waals surface area contributed by atoms with Crippen LogP contribution >= 0.6 is 11.3 Å². The van der Waals surface area contributed by atoms with Crippen LogP contribution in [0.25, 0.3) is 11.2 Å². The molecule has 2 atom stereocenters. The SMILES string of the molecule is c1csc(C2C3CCC(CC3)C2Nc2ncnc3nc[nH]c23)c1. The highest BCUT2D eigenvalue weighted by Gasteiger charge is 2.45. The Morgan fingerprint density at radius 1 is 1.09 bits per heavy atom. The lowest BCUT2D eigenvalue weighted by Crippen LogP contribution is -2.46. The van der Waals surface area contributed by atoms with E-state index in [0.29, 0.717) is 12.0 Å². The molecule has 0 spiro atoms. The highest BCUT2D eigenvalue weighted by molar-refractivity contribution is 7.10. The van der Waals surface area contributed by atoms with Gasteiger partial charge < -0.3 is 10.3 Å². The summed E-state index contributed by atoms with van der Waals surface area (Å²) in [5, 5.41) is 5.96. The van der Waals surface area contributed by atoms with Crippen LogP contribution in [0, 0.1) is 11.8 Å². The summed E-state index contributed by atoms with van der Waals surface area (Å²) in [6, 6.07) is 4.94. The first kappa shape index (κ1) is 13.5. The molecule has 0 radical (unpaired) electrons. The summed E-state index contributed by atoms with van der Waals surface area (Å²) in [5.41, 5.74) is 1.65. The van der Waals surface area contributed by atoms with Crippen LogP contribution in [-0.4, -0.2) is 26.0 Å². The van der Waals surface area contributed by atoms with Gasteiger partial charge in [0.2, 0.25) is 0 Å². The second-order valence-electron chi connectivity index (χ2n) is 6.71. The summed E-state index contributed by atoms with van der Waals surface area (Å²) in [6.45, 7) is 0. The van der Waals surface area contributed by atoms with E-state index in [0.717, 1.165) is 28.8 Å². The van der Waals surface area contributed by atoms with Gasteiger partial charge in [0.25, 0.3) is 0 Å². The number of fused-ring (bicyclic) bond motifs is 4. The molecule has 3 aliphatic carbocycles. The van der Waals surface area contributed by atoms with Crippen molar-refractivity contribution in [3.8, 4) is 0 Å². The molecule has 3 aromatic rings. The van der Waals surface area contributed by atoms with Gasteiger partial charge in [0.05, 0.1) is 6.33 Å². The van der Waals surface area contributed by atoms with Crippen LogP contribution in [0.1, 0.15) is 36.5 Å². The zero-order chi connectivity index (χ0) is 15.2. The number of imidazole rings is 1. The summed E-state index contributed by atoms with van der Waals surface area (Å²) in [7, 11) is 0. The molecule has 3 saturated carbocycles. The molecule has 3 aromatic heterocycles. The first-order valence-corrected chi connectivity index (χ1v) is 9.22. The van der Waals surface area contributed by atoms with E-state index in [9.17, 15) is 0 Å². The fourth-order valence-electron chi connectivity index (χ4n) is 4.58. The van der Waals surface area contributed by atoms with Gasteiger partial charge in [-0.05, 0) is 49.0 Å². The Kier molecular flexibility index (Phi) is 3.11. The number of anilines is 1. The van der Waals surface area contributed by atoms with Crippen LogP contribution < -0.4 is 5.32 Å². The van der Waals surface area contributed by atoms with Crippen molar-refractivity contribution in [2.45, 2.75) is 37.6 Å². The van der Waals surface area contributed by atoms with Gasteiger partial charge >= 0.3 is 0 Å². The maximum absolute atomic E-state index is 4.48. The molecule has 2 N–H and O–H groups in total. The Labute approximate surface area is 138 Å². The van der Waals surface area contributed by atoms with Crippen LogP contribution in [0.15, 0.2) is 30.2 Å². The molecule has 0 aliphatic heterocycles. The molecule has 5 nitrogen and oxygen atoms in total. The van der Waals surface area contributed by atoms with Crippen molar-refractivity contribution in [2.75, 3.05) is 5.32 Å². The standard InChI is InChI=1S/C17H19N5S/c1-2-12(23-7-1)13-10-3-5-11(6-4-10)14(13)22-17-15-16(19-8-18-15)20-9-21-17/h1-2,7-11,13-14H,3-6H2,(H2,18,19,20,21,22). The lowest BCUT2D eigenvalue weighted by Gasteiger charge is -2.48. The van der Waals surface area contributed by atoms with Crippen molar-refractivity contribution in [3.63, 3.8) is 0 Å². The Hall–Kier alpha value is -1.95. The van der Waals surface area contributed by atoms with E-state index in [1.807, 2.05) is 11.3 Å². The van der Waals surface area contributed by atoms with Gasteiger partial charge in [0.15, 0.2) is 11.5 Å². The lowest BCUT2D eigenvalue weighted by molar-refractivity contribution is 0.128. The molecule has 2 unspecified atom stereocenters. The maximum atomic E-state index is 4.48. The molecule has 118 valence electrons. The summed E-state index contributed by atoms with van der Waals surface area (Å²) >= 11 is 1.90. The van der Waals surface area contributed by atoms with Crippen molar-refractivity contribution in [1.82, 2.24) is 19.9 Å². The van der Waals surface area contributed by atoms with Crippen LogP contribution in [0.3, 0.4) is 0 Å². The third-order valence-electron chi connectivity index (χ3n) is 5.62. The minimum absolute atomic E-state index is 0.461. The molecule has 0 saturated heterocycles. The zero-order valence-electron chi connectivity index (χ0n) is 12.8. The molecule has 2 bridgehead atoms. The summed E-state index contributed by atoms with van der Waals surface area (Å²) in [4.78, 5) is 17.6. The average Bonchev–Trinajstić information content (AvgIpc) is 3.28. The van der Waals surface area contributed by atoms with Gasteiger partial charge in [-0.25, -0.2) is 15.0 Å². The van der Waals surface area contributed by atoms with Gasteiger partial charge in [-0.3, -0.25) is 0 Å². The number of hydrogen-bond donors (Lipinski definition) is 2. The van der Waals surface area contributed by atoms with E-state index < -0.39 is 0 Å². The zero-order valence-corrected chi connectivity index (χ0v) is 13.6. The van der Waals surface area contributed by atoms with E-state index in [1.165, 1.54) is 30.6 Å². The maximum Gasteiger partial charge on any atom is 0.182 e. The average molecular weight is 325 g/mol. The number of nitrogens with zero attached hydrogens (tertiary/aromatic N) is 3. The van der Waals surface area contributed by atoms with E-state index >= 15 is 0 Å². The summed E-state index contributed by atoms with van der Waals surface area (Å²) < 4.78 is 0. The van der Waals surface area contributed by atoms with Crippen molar-refractivity contribution in [3.05, 3.63) is 35.0 Å². The topological polar surface area (TPSA) is 66.5 Å². The van der Waals surface area contributed by atoms with Gasteiger partial charge in [-0.2, -0.15) is 0 Å². The minimum Gasteiger partial charge on any atom is -0.365 e. The fourth-order valence-corrected chi connectivity index (χ4v) is 5.55. The summed E-state index contributed by atoms with van der Waals surface area (Å²) in [6.07, 6.45) is 8.70. The minimum atomic E-state index is 0.461. The van der Waals surface area contributed by atoms with Crippen molar-refractivity contribution >= 4 is 28.3 Å². The van der Waals surface area contributed by atoms with E-state index in [-0.39, 0.29) is 0 Å². The molecule has 3 aliphatic rings. The number of thiophene rings is 1. The Morgan fingerprint density at radius 2 is 1.96 bits per heavy atom. The molecule has 6 heteroatoms. The van der Waals surface area contributed by atoms with Crippen LogP contribution in [0.4, 0.5) is 5.82 Å². The van der Waals surface area contributed by atoms with Gasteiger partial charge in [-0.15, -0.1) is 11.3 Å². The second kappa shape index (κ2) is 5.30. The molecule has 3 heterocycles. The molecule has 6 rings (SSSR count). The number of aromatic nitrogens is 4. The largest absolute Gasteiger partial charge is 0.365 e. The summed E-state index contributed by atoms with van der Waals surface area (Å²) in [5.74, 6) is 3.04. The van der Waals surface area contributed by atoms with Crippen LogP contribution in [0.5, 0.6) is 0 Å². The second-order valence-corrected chi connectivity index (χ2v) is 7.69. The molecule has 23 heavy (non-hydrogen) atoms. The first-order valence-electron chi connectivity index (χ1n) is 8.34. The molecule has 3 fully saturated rings. The lowest BCUT2D eigenvalue weighted by atomic mass is 9.61. The van der Waals surface area contributed by atoms with Gasteiger partial charge in [-0.1, -0.05) is 6.07 Å². The third-order valence-corrected chi connectivity index (χ3v) is 6.59. The van der Waals surface area contributed by atoms with Crippen LogP contribution in [-0.2, 0) is 0 Å². The van der Waals surface area contributed by atoms with E-state index in [2.05, 4.69) is 42.8 Å². The Balaban J connectivity index is 1.53. The number of nitrogens with one attached hydrogen (secondary N) is 2. The highest BCUT2D eigenvalue weighted by Crippen LogP contribution is 2.51. The molecular formula is C17H19N5S. The van der Waals surface area contributed by atoms with Gasteiger partial charge in [0.1, 0.15) is 11.8 Å². The van der Waals surface area contributed by atoms with Crippen LogP contribution in [0.2, 0.25) is 0 Å². The van der Waals surface area contributed by atoms with E-state index in [4.69, 9.17) is 0 Å². The molecular weight excluding hydrogens is 306 g/mol. The van der Waals surface area contributed by atoms with Gasteiger partial charge in [0, 0.05) is 16.8 Å². The number of H-pyrrole nitrogens is 1. The number of aromatic amines is 1. The predicted molar refractivity (Wildman–Crippen MR) is 91.6 cm³/mol. The number of hydrogen-bond acceptors (Lipinski definition) is 5. The third kappa shape index (κ3) is 2.16. The smallest absolute Gasteiger partial charge is 0.182 e. The number of rotatable bonds is 3. The predicted octanol–water partition coefficient (Wildman–Crippen LogP) is 3.80.